The van der Waals surface area contributed by atoms with Crippen LogP contribution in [-0.4, -0.2) is 14.8 Å². The molecule has 0 saturated heterocycles. The molecule has 2 aromatic rings. The van der Waals surface area contributed by atoms with Crippen LogP contribution in [0.2, 0.25) is 0 Å². The molecule has 4 heteroatoms. The Kier molecular flexibility index (Phi) is 3.54. The smallest absolute Gasteiger partial charge is 0.0558 e. The van der Waals surface area contributed by atoms with Crippen LogP contribution in [0.15, 0.2) is 36.7 Å². The van der Waals surface area contributed by atoms with E-state index in [9.17, 15) is 0 Å². The molecule has 2 aromatic heterocycles. The van der Waals surface area contributed by atoms with Crippen molar-refractivity contribution in [1.82, 2.24) is 14.8 Å². The van der Waals surface area contributed by atoms with Gasteiger partial charge in [0, 0.05) is 30.6 Å². The molecule has 1 atom stereocenters. The normalized spacial score (nSPS) is 12.9. The highest BCUT2D eigenvalue weighted by Crippen LogP contribution is 2.17. The van der Waals surface area contributed by atoms with Gasteiger partial charge >= 0.3 is 0 Å². The highest BCUT2D eigenvalue weighted by molar-refractivity contribution is 5.13. The van der Waals surface area contributed by atoms with Crippen molar-refractivity contribution in [2.24, 2.45) is 5.73 Å². The molecule has 0 aliphatic carbocycles. The summed E-state index contributed by atoms with van der Waals surface area (Å²) < 4.78 is 1.97. The first-order valence-electron chi connectivity index (χ1n) is 5.87. The molecule has 0 aliphatic rings. The molecule has 4 nitrogen and oxygen atoms in total. The topological polar surface area (TPSA) is 56.7 Å². The predicted molar refractivity (Wildman–Crippen MR) is 67.5 cm³/mol. The van der Waals surface area contributed by atoms with Crippen molar-refractivity contribution < 1.29 is 0 Å². The lowest BCUT2D eigenvalue weighted by molar-refractivity contribution is 0.484. The third-order valence-corrected chi connectivity index (χ3v) is 2.73. The molecule has 1 unspecified atom stereocenters. The molecule has 0 saturated carbocycles. The summed E-state index contributed by atoms with van der Waals surface area (Å²) in [6, 6.07) is 8.13. The van der Waals surface area contributed by atoms with Crippen LogP contribution in [0.4, 0.5) is 0 Å². The van der Waals surface area contributed by atoms with E-state index >= 15 is 0 Å². The van der Waals surface area contributed by atoms with E-state index in [2.05, 4.69) is 23.9 Å². The summed E-state index contributed by atoms with van der Waals surface area (Å²) in [5.74, 6) is 0. The van der Waals surface area contributed by atoms with E-state index in [4.69, 9.17) is 5.73 Å². The van der Waals surface area contributed by atoms with E-state index in [1.54, 1.807) is 12.4 Å². The van der Waals surface area contributed by atoms with E-state index in [1.807, 2.05) is 28.9 Å². The second-order valence-electron chi connectivity index (χ2n) is 4.43. The molecule has 0 radical (unpaired) electrons. The zero-order chi connectivity index (χ0) is 12.3. The van der Waals surface area contributed by atoms with Gasteiger partial charge in [0.05, 0.1) is 11.7 Å². The standard InChI is InChI=1S/C13H18N4/c1-10(2)17-13(6-8-16-17)12(14)9-11-5-3-4-7-15-11/h3-8,10,12H,9,14H2,1-2H3. The largest absolute Gasteiger partial charge is 0.322 e. The SMILES string of the molecule is CC(C)n1nccc1C(N)Cc1ccccn1. The molecule has 0 aliphatic heterocycles. The fourth-order valence-electron chi connectivity index (χ4n) is 1.90. The average molecular weight is 230 g/mol. The van der Waals surface area contributed by atoms with Gasteiger partial charge in [0.25, 0.3) is 0 Å². The van der Waals surface area contributed by atoms with Crippen LogP contribution in [0.5, 0.6) is 0 Å². The Bertz CT molecular complexity index is 461. The molecule has 0 aromatic carbocycles. The fraction of sp³-hybridized carbons (Fsp3) is 0.385. The Balaban J connectivity index is 2.15. The number of pyridine rings is 1. The van der Waals surface area contributed by atoms with Gasteiger partial charge in [-0.25, -0.2) is 0 Å². The maximum absolute atomic E-state index is 6.21. The number of hydrogen-bond donors (Lipinski definition) is 1. The molecule has 0 bridgehead atoms. The Morgan fingerprint density at radius 1 is 1.24 bits per heavy atom. The first-order chi connectivity index (χ1) is 8.18. The zero-order valence-corrected chi connectivity index (χ0v) is 10.2. The van der Waals surface area contributed by atoms with Crippen molar-refractivity contribution in [2.45, 2.75) is 32.4 Å². The van der Waals surface area contributed by atoms with E-state index in [-0.39, 0.29) is 6.04 Å². The van der Waals surface area contributed by atoms with Gasteiger partial charge in [0.2, 0.25) is 0 Å². The van der Waals surface area contributed by atoms with Gasteiger partial charge in [0.1, 0.15) is 0 Å². The molecule has 0 fully saturated rings. The molecule has 2 heterocycles. The lowest BCUT2D eigenvalue weighted by Gasteiger charge is -2.16. The second-order valence-corrected chi connectivity index (χ2v) is 4.43. The van der Waals surface area contributed by atoms with Crippen molar-refractivity contribution >= 4 is 0 Å². The van der Waals surface area contributed by atoms with E-state index in [0.717, 1.165) is 17.8 Å². The minimum Gasteiger partial charge on any atom is -0.322 e. The molecular formula is C13H18N4. The fourth-order valence-corrected chi connectivity index (χ4v) is 1.90. The van der Waals surface area contributed by atoms with Crippen LogP contribution in [0.1, 0.15) is 37.3 Å². The third-order valence-electron chi connectivity index (χ3n) is 2.73. The van der Waals surface area contributed by atoms with E-state index in [0.29, 0.717) is 6.04 Å². The molecular weight excluding hydrogens is 212 g/mol. The second kappa shape index (κ2) is 5.10. The Morgan fingerprint density at radius 2 is 2.06 bits per heavy atom. The van der Waals surface area contributed by atoms with E-state index in [1.165, 1.54) is 0 Å². The van der Waals surface area contributed by atoms with Gasteiger partial charge in [0.15, 0.2) is 0 Å². The van der Waals surface area contributed by atoms with Crippen LogP contribution in [0.25, 0.3) is 0 Å². The molecule has 0 spiro atoms. The predicted octanol–water partition coefficient (Wildman–Crippen LogP) is 2.10. The summed E-state index contributed by atoms with van der Waals surface area (Å²) in [6.07, 6.45) is 4.33. The van der Waals surface area contributed by atoms with Gasteiger partial charge in [-0.3, -0.25) is 9.67 Å². The van der Waals surface area contributed by atoms with Crippen molar-refractivity contribution in [3.8, 4) is 0 Å². The minimum absolute atomic E-state index is 0.0604. The Labute approximate surface area is 101 Å². The number of hydrogen-bond acceptors (Lipinski definition) is 3. The molecule has 17 heavy (non-hydrogen) atoms. The third kappa shape index (κ3) is 2.71. The van der Waals surface area contributed by atoms with Gasteiger partial charge in [-0.05, 0) is 32.0 Å². The van der Waals surface area contributed by atoms with Gasteiger partial charge in [-0.2, -0.15) is 5.10 Å². The summed E-state index contributed by atoms with van der Waals surface area (Å²) in [6.45, 7) is 4.20. The summed E-state index contributed by atoms with van der Waals surface area (Å²) in [5, 5.41) is 4.29. The monoisotopic (exact) mass is 230 g/mol. The maximum Gasteiger partial charge on any atom is 0.0558 e. The van der Waals surface area contributed by atoms with Crippen molar-refractivity contribution in [3.05, 3.63) is 48.0 Å². The van der Waals surface area contributed by atoms with E-state index < -0.39 is 0 Å². The zero-order valence-electron chi connectivity index (χ0n) is 10.2. The first-order valence-corrected chi connectivity index (χ1v) is 5.87. The Morgan fingerprint density at radius 3 is 2.71 bits per heavy atom. The number of nitrogens with zero attached hydrogens (tertiary/aromatic N) is 3. The van der Waals surface area contributed by atoms with Gasteiger partial charge < -0.3 is 5.73 Å². The summed E-state index contributed by atoms with van der Waals surface area (Å²) in [7, 11) is 0. The Hall–Kier alpha value is -1.68. The van der Waals surface area contributed by atoms with Crippen LogP contribution in [0.3, 0.4) is 0 Å². The van der Waals surface area contributed by atoms with Crippen molar-refractivity contribution in [3.63, 3.8) is 0 Å². The average Bonchev–Trinajstić information content (AvgIpc) is 2.79. The molecule has 2 rings (SSSR count). The molecule has 2 N–H and O–H groups in total. The van der Waals surface area contributed by atoms with Crippen LogP contribution in [-0.2, 0) is 6.42 Å². The highest BCUT2D eigenvalue weighted by Gasteiger charge is 2.14. The van der Waals surface area contributed by atoms with Crippen LogP contribution >= 0.6 is 0 Å². The lowest BCUT2D eigenvalue weighted by Crippen LogP contribution is -2.20. The molecule has 90 valence electrons. The van der Waals surface area contributed by atoms with Gasteiger partial charge in [-0.15, -0.1) is 0 Å². The summed E-state index contributed by atoms with van der Waals surface area (Å²) >= 11 is 0. The number of aromatic nitrogens is 3. The summed E-state index contributed by atoms with van der Waals surface area (Å²) in [4.78, 5) is 4.29. The molecule has 0 amide bonds. The summed E-state index contributed by atoms with van der Waals surface area (Å²) in [5.41, 5.74) is 8.28. The van der Waals surface area contributed by atoms with Crippen LogP contribution < -0.4 is 5.73 Å². The van der Waals surface area contributed by atoms with Crippen molar-refractivity contribution in [1.29, 1.82) is 0 Å². The highest BCUT2D eigenvalue weighted by atomic mass is 15.3. The first kappa shape index (κ1) is 11.8. The number of nitrogens with two attached hydrogens (primary N) is 1. The maximum atomic E-state index is 6.21. The quantitative estimate of drug-likeness (QED) is 0.875. The van der Waals surface area contributed by atoms with Crippen LogP contribution in [0, 0.1) is 0 Å². The number of rotatable bonds is 4. The van der Waals surface area contributed by atoms with Crippen molar-refractivity contribution in [2.75, 3.05) is 0 Å². The minimum atomic E-state index is -0.0604. The van der Waals surface area contributed by atoms with Gasteiger partial charge in [-0.1, -0.05) is 6.07 Å². The lowest BCUT2D eigenvalue weighted by atomic mass is 10.1.